The lowest BCUT2D eigenvalue weighted by molar-refractivity contribution is 0.715. The quantitative estimate of drug-likeness (QED) is 0.688. The number of imidazole rings is 1. The molecule has 4 nitrogen and oxygen atoms in total. The van der Waals surface area contributed by atoms with Gasteiger partial charge in [-0.3, -0.25) is 0 Å². The summed E-state index contributed by atoms with van der Waals surface area (Å²) in [6, 6.07) is 11.8. The van der Waals surface area contributed by atoms with E-state index in [4.69, 9.17) is 11.6 Å². The molecule has 2 aromatic heterocycles. The number of aromatic nitrogens is 4. The molecule has 0 saturated carbocycles. The van der Waals surface area contributed by atoms with Crippen molar-refractivity contribution in [3.63, 3.8) is 0 Å². The fraction of sp³-hybridized carbons (Fsp3) is 0.214. The van der Waals surface area contributed by atoms with E-state index in [0.29, 0.717) is 6.54 Å². The van der Waals surface area contributed by atoms with Crippen LogP contribution in [0.2, 0.25) is 0 Å². The molecule has 3 rings (SSSR count). The lowest BCUT2D eigenvalue weighted by atomic mass is 10.3. The van der Waals surface area contributed by atoms with E-state index in [9.17, 15) is 0 Å². The average molecular weight is 273 g/mol. The highest BCUT2D eigenvalue weighted by molar-refractivity contribution is 6.20. The maximum absolute atomic E-state index is 6.23. The van der Waals surface area contributed by atoms with Crippen molar-refractivity contribution < 1.29 is 0 Å². The van der Waals surface area contributed by atoms with Crippen LogP contribution >= 0.6 is 11.6 Å². The minimum absolute atomic E-state index is 0.149. The monoisotopic (exact) mass is 272 g/mol. The summed E-state index contributed by atoms with van der Waals surface area (Å²) in [6.07, 6.45) is 1.67. The molecule has 5 heteroatoms. The zero-order valence-electron chi connectivity index (χ0n) is 10.5. The Kier molecular flexibility index (Phi) is 3.17. The standard InChI is InChI=1S/C14H13ClN4/c1-10(15)14-17-12-6-2-3-7-13(12)19(14)9-11-5-4-8-16-18-11/h2-8,10H,9H2,1H3. The van der Waals surface area contributed by atoms with Crippen LogP contribution in [0.3, 0.4) is 0 Å². The van der Waals surface area contributed by atoms with Crippen molar-refractivity contribution in [2.24, 2.45) is 0 Å². The highest BCUT2D eigenvalue weighted by Gasteiger charge is 2.15. The van der Waals surface area contributed by atoms with Crippen molar-refractivity contribution in [3.05, 3.63) is 54.1 Å². The predicted molar refractivity (Wildman–Crippen MR) is 75.1 cm³/mol. The van der Waals surface area contributed by atoms with Gasteiger partial charge in [-0.15, -0.1) is 11.6 Å². The van der Waals surface area contributed by atoms with Gasteiger partial charge in [-0.1, -0.05) is 12.1 Å². The predicted octanol–water partition coefficient (Wildman–Crippen LogP) is 3.17. The number of benzene rings is 1. The van der Waals surface area contributed by atoms with Crippen LogP contribution in [-0.4, -0.2) is 19.7 Å². The Morgan fingerprint density at radius 2 is 2.05 bits per heavy atom. The van der Waals surface area contributed by atoms with E-state index in [1.807, 2.05) is 43.3 Å². The Bertz CT molecular complexity index is 691. The van der Waals surface area contributed by atoms with Crippen LogP contribution in [0, 0.1) is 0 Å². The Balaban J connectivity index is 2.12. The first-order valence-electron chi connectivity index (χ1n) is 6.11. The van der Waals surface area contributed by atoms with Crippen LogP contribution in [0.5, 0.6) is 0 Å². The second-order valence-electron chi connectivity index (χ2n) is 4.38. The number of fused-ring (bicyclic) bond motifs is 1. The summed E-state index contributed by atoms with van der Waals surface area (Å²) in [5.74, 6) is 0.855. The van der Waals surface area contributed by atoms with Crippen LogP contribution in [0.4, 0.5) is 0 Å². The first-order chi connectivity index (χ1) is 9.25. The van der Waals surface area contributed by atoms with Gasteiger partial charge in [-0.25, -0.2) is 4.98 Å². The van der Waals surface area contributed by atoms with E-state index >= 15 is 0 Å². The molecule has 0 radical (unpaired) electrons. The Morgan fingerprint density at radius 1 is 1.21 bits per heavy atom. The van der Waals surface area contributed by atoms with E-state index in [-0.39, 0.29) is 5.38 Å². The number of hydrogen-bond donors (Lipinski definition) is 0. The molecule has 0 spiro atoms. The maximum atomic E-state index is 6.23. The molecular formula is C14H13ClN4. The molecule has 19 heavy (non-hydrogen) atoms. The molecule has 0 saturated heterocycles. The Morgan fingerprint density at radius 3 is 2.79 bits per heavy atom. The topological polar surface area (TPSA) is 43.6 Å². The molecule has 3 aromatic rings. The third kappa shape index (κ3) is 2.31. The Labute approximate surface area is 116 Å². The summed E-state index contributed by atoms with van der Waals surface area (Å²) in [4.78, 5) is 4.59. The molecule has 0 bridgehead atoms. The zero-order valence-corrected chi connectivity index (χ0v) is 11.2. The van der Waals surface area contributed by atoms with E-state index in [1.165, 1.54) is 0 Å². The molecular weight excluding hydrogens is 260 g/mol. The van der Waals surface area contributed by atoms with Crippen molar-refractivity contribution in [1.82, 2.24) is 19.7 Å². The summed E-state index contributed by atoms with van der Waals surface area (Å²) < 4.78 is 2.09. The maximum Gasteiger partial charge on any atom is 0.128 e. The smallest absolute Gasteiger partial charge is 0.128 e. The number of alkyl halides is 1. The van der Waals surface area contributed by atoms with Gasteiger partial charge < -0.3 is 4.57 Å². The molecule has 0 N–H and O–H groups in total. The Hall–Kier alpha value is -1.94. The van der Waals surface area contributed by atoms with Gasteiger partial charge in [0, 0.05) is 6.20 Å². The number of halogens is 1. The molecule has 1 unspecified atom stereocenters. The van der Waals surface area contributed by atoms with Crippen molar-refractivity contribution in [3.8, 4) is 0 Å². The van der Waals surface area contributed by atoms with Crippen LogP contribution in [0.1, 0.15) is 23.8 Å². The molecule has 0 aliphatic heterocycles. The molecule has 2 heterocycles. The van der Waals surface area contributed by atoms with Gasteiger partial charge in [0.15, 0.2) is 0 Å². The fourth-order valence-electron chi connectivity index (χ4n) is 2.14. The minimum atomic E-state index is -0.149. The third-order valence-electron chi connectivity index (χ3n) is 2.99. The number of hydrogen-bond acceptors (Lipinski definition) is 3. The summed E-state index contributed by atoms with van der Waals surface area (Å²) in [7, 11) is 0. The van der Waals surface area contributed by atoms with Gasteiger partial charge in [0.05, 0.1) is 28.6 Å². The molecule has 96 valence electrons. The van der Waals surface area contributed by atoms with Crippen molar-refractivity contribution >= 4 is 22.6 Å². The molecule has 1 aromatic carbocycles. The highest BCUT2D eigenvalue weighted by atomic mass is 35.5. The second-order valence-corrected chi connectivity index (χ2v) is 5.03. The van der Waals surface area contributed by atoms with E-state index in [2.05, 4.69) is 19.7 Å². The van der Waals surface area contributed by atoms with Gasteiger partial charge in [0.1, 0.15) is 5.82 Å². The molecule has 1 atom stereocenters. The highest BCUT2D eigenvalue weighted by Crippen LogP contribution is 2.25. The van der Waals surface area contributed by atoms with Gasteiger partial charge in [-0.05, 0) is 31.2 Å². The van der Waals surface area contributed by atoms with Gasteiger partial charge in [-0.2, -0.15) is 10.2 Å². The lowest BCUT2D eigenvalue weighted by Gasteiger charge is -2.09. The van der Waals surface area contributed by atoms with Crippen molar-refractivity contribution in [1.29, 1.82) is 0 Å². The van der Waals surface area contributed by atoms with Crippen LogP contribution in [0.25, 0.3) is 11.0 Å². The van der Waals surface area contributed by atoms with E-state index in [1.54, 1.807) is 6.20 Å². The fourth-order valence-corrected chi connectivity index (χ4v) is 2.31. The molecule has 0 aliphatic rings. The van der Waals surface area contributed by atoms with Crippen LogP contribution < -0.4 is 0 Å². The number of para-hydroxylation sites is 2. The SMILES string of the molecule is CC(Cl)c1nc2ccccc2n1Cc1cccnn1. The minimum Gasteiger partial charge on any atom is -0.321 e. The van der Waals surface area contributed by atoms with Gasteiger partial charge in [0.2, 0.25) is 0 Å². The summed E-state index contributed by atoms with van der Waals surface area (Å²) >= 11 is 6.23. The summed E-state index contributed by atoms with van der Waals surface area (Å²) in [5, 5.41) is 7.87. The summed E-state index contributed by atoms with van der Waals surface area (Å²) in [5.41, 5.74) is 2.91. The first kappa shape index (κ1) is 12.1. The van der Waals surface area contributed by atoms with Gasteiger partial charge in [0.25, 0.3) is 0 Å². The summed E-state index contributed by atoms with van der Waals surface area (Å²) in [6.45, 7) is 2.55. The van der Waals surface area contributed by atoms with Crippen molar-refractivity contribution in [2.45, 2.75) is 18.8 Å². The average Bonchev–Trinajstić information content (AvgIpc) is 2.79. The number of rotatable bonds is 3. The zero-order chi connectivity index (χ0) is 13.2. The van der Waals surface area contributed by atoms with E-state index < -0.39 is 0 Å². The largest absolute Gasteiger partial charge is 0.321 e. The second kappa shape index (κ2) is 4.97. The molecule has 0 amide bonds. The van der Waals surface area contributed by atoms with Gasteiger partial charge >= 0.3 is 0 Å². The third-order valence-corrected chi connectivity index (χ3v) is 3.18. The van der Waals surface area contributed by atoms with Crippen molar-refractivity contribution in [2.75, 3.05) is 0 Å². The molecule has 0 aliphatic carbocycles. The van der Waals surface area contributed by atoms with Crippen LogP contribution in [-0.2, 0) is 6.54 Å². The van der Waals surface area contributed by atoms with E-state index in [0.717, 1.165) is 22.6 Å². The molecule has 0 fully saturated rings. The normalized spacial score (nSPS) is 12.7. The van der Waals surface area contributed by atoms with Crippen LogP contribution in [0.15, 0.2) is 42.6 Å². The number of nitrogens with zero attached hydrogens (tertiary/aromatic N) is 4. The lowest BCUT2D eigenvalue weighted by Crippen LogP contribution is -2.07. The first-order valence-corrected chi connectivity index (χ1v) is 6.55.